The summed E-state index contributed by atoms with van der Waals surface area (Å²) in [7, 11) is 4.06. The summed E-state index contributed by atoms with van der Waals surface area (Å²) in [5, 5.41) is 3.03. The highest BCUT2D eigenvalue weighted by Gasteiger charge is 2.11. The van der Waals surface area contributed by atoms with Gasteiger partial charge in [-0.05, 0) is 86.1 Å². The number of nitrogens with two attached hydrogens (primary N) is 2. The predicted molar refractivity (Wildman–Crippen MR) is 124 cm³/mol. The van der Waals surface area contributed by atoms with Gasteiger partial charge in [-0.1, -0.05) is 27.2 Å². The number of hydrogen-bond donors (Lipinski definition) is 3. The molecule has 1 atom stereocenters. The van der Waals surface area contributed by atoms with Crippen LogP contribution in [0.25, 0.3) is 0 Å². The molecular weight excluding hydrogens is 368 g/mol. The lowest BCUT2D eigenvalue weighted by Gasteiger charge is -2.25. The third-order valence-electron chi connectivity index (χ3n) is 3.55. The summed E-state index contributed by atoms with van der Waals surface area (Å²) >= 11 is 0. The Balaban J connectivity index is -0.000000324. The highest BCUT2D eigenvalue weighted by atomic mass is 16.5. The molecule has 0 spiro atoms. The Hall–Kier alpha value is -1.02. The number of hydrogen-bond acceptors (Lipinski definition) is 7. The lowest BCUT2D eigenvalue weighted by molar-refractivity contribution is -0.138. The molecule has 0 aromatic carbocycles. The number of nitrogens with one attached hydrogen (secondary N) is 1. The Kier molecular flexibility index (Phi) is 24.4. The molecule has 29 heavy (non-hydrogen) atoms. The zero-order valence-electron chi connectivity index (χ0n) is 20.4. The minimum atomic E-state index is -0.318. The highest BCUT2D eigenvalue weighted by Crippen LogP contribution is 2.04. The van der Waals surface area contributed by atoms with Gasteiger partial charge in [0.2, 0.25) is 0 Å². The molecule has 0 aliphatic carbocycles. The Morgan fingerprint density at radius 2 is 1.62 bits per heavy atom. The number of aldehydes is 1. The molecule has 176 valence electrons. The number of ether oxygens (including phenoxy) is 1. The van der Waals surface area contributed by atoms with Crippen molar-refractivity contribution < 1.29 is 14.3 Å². The molecule has 0 bridgehead atoms. The molecule has 7 nitrogen and oxygen atoms in total. The Labute approximate surface area is 180 Å². The monoisotopic (exact) mass is 418 g/mol. The Morgan fingerprint density at radius 1 is 1.14 bits per heavy atom. The Bertz CT molecular complexity index is 340. The van der Waals surface area contributed by atoms with E-state index >= 15 is 0 Å². The standard InChI is InChI=1S/C7H16N2O.C6H14N2.C5H10O2.C4H10/c1-9-5-3-2-4-7(8)6-10;1-8-4-2-6(7)3-5-8;1-5(2,3)7-4-6;1-4(2)3/h6-7,9H,2-5,8H2,1H3;6H,2-5,7H2,1H3;4H,1-3H3;4H,1-3H3. The number of rotatable bonds is 7. The molecular formula is C22H50N4O3. The van der Waals surface area contributed by atoms with Crippen LogP contribution in [0, 0.1) is 5.92 Å². The molecule has 1 aliphatic heterocycles. The third kappa shape index (κ3) is 38.2. The molecule has 1 saturated heterocycles. The van der Waals surface area contributed by atoms with Gasteiger partial charge >= 0.3 is 0 Å². The van der Waals surface area contributed by atoms with E-state index in [1.165, 1.54) is 25.9 Å². The van der Waals surface area contributed by atoms with Gasteiger partial charge in [-0.15, -0.1) is 0 Å². The van der Waals surface area contributed by atoms with Crippen molar-refractivity contribution in [2.75, 3.05) is 33.7 Å². The fourth-order valence-corrected chi connectivity index (χ4v) is 1.92. The van der Waals surface area contributed by atoms with Gasteiger partial charge in [0, 0.05) is 6.04 Å². The number of unbranched alkanes of at least 4 members (excludes halogenated alkanes) is 1. The number of carbonyl (C=O) groups is 2. The van der Waals surface area contributed by atoms with Crippen molar-refractivity contribution in [2.45, 2.75) is 91.3 Å². The van der Waals surface area contributed by atoms with Crippen LogP contribution in [0.15, 0.2) is 0 Å². The van der Waals surface area contributed by atoms with Crippen LogP contribution >= 0.6 is 0 Å². The Morgan fingerprint density at radius 3 is 1.90 bits per heavy atom. The van der Waals surface area contributed by atoms with Crippen molar-refractivity contribution >= 4 is 12.8 Å². The van der Waals surface area contributed by atoms with E-state index in [2.05, 4.69) is 42.8 Å². The average Bonchev–Trinajstić information content (AvgIpc) is 2.60. The van der Waals surface area contributed by atoms with Crippen molar-refractivity contribution in [3.63, 3.8) is 0 Å². The quantitative estimate of drug-likeness (QED) is 0.430. The fourth-order valence-electron chi connectivity index (χ4n) is 1.92. The van der Waals surface area contributed by atoms with Crippen molar-refractivity contribution in [3.8, 4) is 0 Å². The molecule has 1 heterocycles. The third-order valence-corrected chi connectivity index (χ3v) is 3.55. The van der Waals surface area contributed by atoms with Gasteiger partial charge in [0.1, 0.15) is 11.9 Å². The van der Waals surface area contributed by atoms with Gasteiger partial charge in [-0.3, -0.25) is 4.79 Å². The van der Waals surface area contributed by atoms with E-state index in [1.54, 1.807) is 0 Å². The van der Waals surface area contributed by atoms with Crippen LogP contribution in [0.2, 0.25) is 0 Å². The lowest BCUT2D eigenvalue weighted by Crippen LogP contribution is -2.37. The van der Waals surface area contributed by atoms with E-state index in [-0.39, 0.29) is 11.6 Å². The molecule has 5 N–H and O–H groups in total. The maximum Gasteiger partial charge on any atom is 0.293 e. The van der Waals surface area contributed by atoms with E-state index in [9.17, 15) is 9.59 Å². The number of carbonyl (C=O) groups excluding carboxylic acids is 2. The van der Waals surface area contributed by atoms with Gasteiger partial charge in [0.15, 0.2) is 0 Å². The summed E-state index contributed by atoms with van der Waals surface area (Å²) in [5.74, 6) is 0.833. The normalized spacial score (nSPS) is 15.6. The van der Waals surface area contributed by atoms with Crippen LogP contribution in [0.5, 0.6) is 0 Å². The van der Waals surface area contributed by atoms with Gasteiger partial charge in [0.05, 0.1) is 6.04 Å². The number of likely N-dealkylation sites (tertiary alicyclic amines) is 1. The van der Waals surface area contributed by atoms with Gasteiger partial charge in [-0.2, -0.15) is 0 Å². The molecule has 7 heteroatoms. The summed E-state index contributed by atoms with van der Waals surface area (Å²) in [6, 6.07) is 0.225. The van der Waals surface area contributed by atoms with Crippen molar-refractivity contribution in [2.24, 2.45) is 17.4 Å². The summed E-state index contributed by atoms with van der Waals surface area (Å²) < 4.78 is 4.55. The van der Waals surface area contributed by atoms with E-state index in [4.69, 9.17) is 11.5 Å². The fraction of sp³-hybridized carbons (Fsp3) is 0.909. The van der Waals surface area contributed by atoms with Crippen LogP contribution in [0.3, 0.4) is 0 Å². The van der Waals surface area contributed by atoms with Crippen LogP contribution in [0.4, 0.5) is 0 Å². The minimum absolute atomic E-state index is 0.253. The van der Waals surface area contributed by atoms with E-state index in [1.807, 2.05) is 27.8 Å². The number of piperidine rings is 1. The van der Waals surface area contributed by atoms with Crippen LogP contribution in [0.1, 0.15) is 73.6 Å². The maximum absolute atomic E-state index is 10.0. The van der Waals surface area contributed by atoms with Gasteiger partial charge in [-0.25, -0.2) is 0 Å². The largest absolute Gasteiger partial charge is 0.462 e. The van der Waals surface area contributed by atoms with Gasteiger partial charge in [0.25, 0.3) is 6.47 Å². The van der Waals surface area contributed by atoms with Crippen molar-refractivity contribution in [3.05, 3.63) is 0 Å². The SMILES string of the molecule is CC(C)(C)OC=O.CC(C)C.CN1CCC(N)CC1.CNCCCCC(N)C=O. The van der Waals surface area contributed by atoms with Crippen LogP contribution < -0.4 is 16.8 Å². The van der Waals surface area contributed by atoms with Gasteiger partial charge < -0.3 is 31.2 Å². The van der Waals surface area contributed by atoms with Crippen LogP contribution in [-0.2, 0) is 14.3 Å². The molecule has 0 aromatic rings. The minimum Gasteiger partial charge on any atom is -0.462 e. The zero-order valence-corrected chi connectivity index (χ0v) is 20.4. The topological polar surface area (TPSA) is 111 Å². The first kappa shape index (κ1) is 32.6. The highest BCUT2D eigenvalue weighted by molar-refractivity contribution is 5.56. The van der Waals surface area contributed by atoms with Crippen molar-refractivity contribution in [1.82, 2.24) is 10.2 Å². The van der Waals surface area contributed by atoms with Crippen molar-refractivity contribution in [1.29, 1.82) is 0 Å². The summed E-state index contributed by atoms with van der Waals surface area (Å²) in [6.07, 6.45) is 6.09. The second kappa shape index (κ2) is 21.7. The smallest absolute Gasteiger partial charge is 0.293 e. The molecule has 0 amide bonds. The zero-order chi connectivity index (χ0) is 23.3. The first-order valence-electron chi connectivity index (χ1n) is 10.8. The second-order valence-electron chi connectivity index (χ2n) is 9.10. The molecule has 0 aromatic heterocycles. The summed E-state index contributed by atoms with van der Waals surface area (Å²) in [5.41, 5.74) is 10.7. The van der Waals surface area contributed by atoms with E-state index < -0.39 is 0 Å². The summed E-state index contributed by atoms with van der Waals surface area (Å²) in [6.45, 7) is 15.8. The van der Waals surface area contributed by atoms with E-state index in [0.29, 0.717) is 12.5 Å². The van der Waals surface area contributed by atoms with Crippen LogP contribution in [-0.4, -0.2) is 69.1 Å². The first-order valence-corrected chi connectivity index (χ1v) is 10.8. The molecule has 0 radical (unpaired) electrons. The summed E-state index contributed by atoms with van der Waals surface area (Å²) in [4.78, 5) is 21.9. The molecule has 1 fully saturated rings. The first-order chi connectivity index (χ1) is 13.4. The second-order valence-corrected chi connectivity index (χ2v) is 9.10. The molecule has 1 rings (SSSR count). The average molecular weight is 419 g/mol. The molecule has 0 saturated carbocycles. The lowest BCUT2D eigenvalue weighted by atomic mass is 10.1. The molecule has 1 aliphatic rings. The maximum atomic E-state index is 10.0. The number of nitrogens with zero attached hydrogens (tertiary/aromatic N) is 1. The predicted octanol–water partition coefficient (Wildman–Crippen LogP) is 2.56. The van der Waals surface area contributed by atoms with E-state index in [0.717, 1.165) is 38.0 Å². The molecule has 1 unspecified atom stereocenters.